The number of hydrogen-bond donors (Lipinski definition) is 6. The van der Waals surface area contributed by atoms with Gasteiger partial charge in [-0.05, 0) is 25.0 Å². The second kappa shape index (κ2) is 13.2. The Morgan fingerprint density at radius 2 is 1.20 bits per heavy atom. The Balaban J connectivity index is 2.16. The monoisotopic (exact) mass is 484 g/mol. The number of aliphatic hydroxyl groups is 1. The number of carbonyl (C=O) groups excluding carboxylic acids is 3. The summed E-state index contributed by atoms with van der Waals surface area (Å²) in [5.41, 5.74) is 7.07. The van der Waals surface area contributed by atoms with E-state index in [0.29, 0.717) is 5.56 Å². The normalized spacial score (nSPS) is 15.1. The molecule has 2 rings (SSSR count). The van der Waals surface area contributed by atoms with E-state index >= 15 is 0 Å². The van der Waals surface area contributed by atoms with Crippen molar-refractivity contribution in [2.24, 2.45) is 5.73 Å². The van der Waals surface area contributed by atoms with Crippen LogP contribution in [0.1, 0.15) is 25.0 Å². The van der Waals surface area contributed by atoms with Crippen LogP contribution >= 0.6 is 0 Å². The lowest BCUT2D eigenvalue weighted by Crippen LogP contribution is -2.60. The van der Waals surface area contributed by atoms with Crippen molar-refractivity contribution in [3.63, 3.8) is 0 Å². The summed E-state index contributed by atoms with van der Waals surface area (Å²) < 4.78 is 0. The summed E-state index contributed by atoms with van der Waals surface area (Å²) in [6, 6.07) is 13.0. The minimum Gasteiger partial charge on any atom is -0.480 e. The van der Waals surface area contributed by atoms with Gasteiger partial charge in [0.2, 0.25) is 17.7 Å². The Hall–Kier alpha value is -3.76. The van der Waals surface area contributed by atoms with Gasteiger partial charge >= 0.3 is 5.97 Å². The van der Waals surface area contributed by atoms with Crippen molar-refractivity contribution >= 4 is 23.7 Å². The van der Waals surface area contributed by atoms with Crippen molar-refractivity contribution in [1.82, 2.24) is 16.0 Å². The second-order valence-electron chi connectivity index (χ2n) is 8.36. The van der Waals surface area contributed by atoms with E-state index in [0.717, 1.165) is 5.56 Å². The molecule has 0 saturated carbocycles. The van der Waals surface area contributed by atoms with Gasteiger partial charge in [0.15, 0.2) is 0 Å². The second-order valence-corrected chi connectivity index (χ2v) is 8.36. The van der Waals surface area contributed by atoms with E-state index in [1.807, 2.05) is 0 Å². The van der Waals surface area contributed by atoms with Crippen LogP contribution < -0.4 is 21.7 Å². The molecule has 0 aliphatic rings. The van der Waals surface area contributed by atoms with Crippen molar-refractivity contribution in [2.75, 3.05) is 0 Å². The average molecular weight is 485 g/mol. The van der Waals surface area contributed by atoms with Gasteiger partial charge < -0.3 is 31.9 Å². The molecule has 0 saturated heterocycles. The highest BCUT2D eigenvalue weighted by Crippen LogP contribution is 2.07. The van der Waals surface area contributed by atoms with Gasteiger partial charge in [0.05, 0.1) is 12.1 Å². The molecule has 10 heteroatoms. The van der Waals surface area contributed by atoms with Crippen LogP contribution in [-0.2, 0) is 32.0 Å². The topological polar surface area (TPSA) is 171 Å². The van der Waals surface area contributed by atoms with Crippen molar-refractivity contribution in [2.45, 2.75) is 57.0 Å². The minimum absolute atomic E-state index is 0.0173. The number of carboxylic acids is 1. The predicted molar refractivity (Wildman–Crippen MR) is 129 cm³/mol. The summed E-state index contributed by atoms with van der Waals surface area (Å²) in [5.74, 6) is -3.41. The number of aliphatic carboxylic acids is 1. The van der Waals surface area contributed by atoms with Crippen LogP contribution in [0.5, 0.6) is 0 Å². The number of aliphatic hydroxyl groups excluding tert-OH is 1. The summed E-state index contributed by atoms with van der Waals surface area (Å²) in [7, 11) is 0. The van der Waals surface area contributed by atoms with E-state index in [1.54, 1.807) is 60.7 Å². The van der Waals surface area contributed by atoms with E-state index in [1.165, 1.54) is 13.8 Å². The number of nitrogens with one attached hydrogen (secondary N) is 3. The van der Waals surface area contributed by atoms with Gasteiger partial charge in [0.1, 0.15) is 18.1 Å². The predicted octanol–water partition coefficient (Wildman–Crippen LogP) is -0.261. The van der Waals surface area contributed by atoms with Crippen LogP contribution in [0.4, 0.5) is 0 Å². The van der Waals surface area contributed by atoms with Crippen LogP contribution in [0.3, 0.4) is 0 Å². The van der Waals surface area contributed by atoms with Crippen molar-refractivity contribution in [3.05, 3.63) is 71.8 Å². The summed E-state index contributed by atoms with van der Waals surface area (Å²) in [6.07, 6.45) is -1.21. The van der Waals surface area contributed by atoms with Gasteiger partial charge in [-0.25, -0.2) is 4.79 Å². The molecule has 0 aliphatic heterocycles. The number of benzene rings is 2. The van der Waals surface area contributed by atoms with Gasteiger partial charge in [-0.2, -0.15) is 0 Å². The molecule has 0 aromatic heterocycles. The lowest BCUT2D eigenvalue weighted by atomic mass is 10.0. The molecule has 0 fully saturated rings. The first kappa shape index (κ1) is 27.5. The third-order valence-electron chi connectivity index (χ3n) is 5.29. The molecule has 0 spiro atoms. The van der Waals surface area contributed by atoms with Gasteiger partial charge in [-0.3, -0.25) is 14.4 Å². The summed E-state index contributed by atoms with van der Waals surface area (Å²) in [4.78, 5) is 49.9. The van der Waals surface area contributed by atoms with E-state index in [4.69, 9.17) is 5.73 Å². The maximum atomic E-state index is 13.1. The maximum absolute atomic E-state index is 13.1. The zero-order chi connectivity index (χ0) is 26.0. The van der Waals surface area contributed by atoms with Crippen molar-refractivity contribution in [3.8, 4) is 0 Å². The van der Waals surface area contributed by atoms with Crippen LogP contribution in [0.2, 0.25) is 0 Å². The molecule has 0 bridgehead atoms. The maximum Gasteiger partial charge on any atom is 0.326 e. The molecule has 7 N–H and O–H groups in total. The number of nitrogens with two attached hydrogens (primary N) is 1. The lowest BCUT2D eigenvalue weighted by molar-refractivity contribution is -0.143. The van der Waals surface area contributed by atoms with Gasteiger partial charge in [0, 0.05) is 12.8 Å². The molecule has 10 nitrogen and oxygen atoms in total. The highest BCUT2D eigenvalue weighted by Gasteiger charge is 2.32. The molecule has 188 valence electrons. The number of hydrogen-bond acceptors (Lipinski definition) is 6. The fourth-order valence-electron chi connectivity index (χ4n) is 3.33. The molecule has 3 amide bonds. The fourth-order valence-corrected chi connectivity index (χ4v) is 3.33. The quantitative estimate of drug-likeness (QED) is 0.241. The minimum atomic E-state index is -1.45. The van der Waals surface area contributed by atoms with Crippen molar-refractivity contribution in [1.29, 1.82) is 0 Å². The van der Waals surface area contributed by atoms with E-state index in [2.05, 4.69) is 16.0 Å². The number of amides is 3. The fraction of sp³-hybridized carbons (Fsp3) is 0.360. The highest BCUT2D eigenvalue weighted by atomic mass is 16.4. The summed E-state index contributed by atoms with van der Waals surface area (Å²) >= 11 is 0. The molecule has 35 heavy (non-hydrogen) atoms. The molecule has 0 radical (unpaired) electrons. The zero-order valence-corrected chi connectivity index (χ0v) is 19.7. The van der Waals surface area contributed by atoms with Crippen LogP contribution in [0.25, 0.3) is 0 Å². The third kappa shape index (κ3) is 8.84. The smallest absolute Gasteiger partial charge is 0.326 e. The van der Waals surface area contributed by atoms with Gasteiger partial charge in [-0.1, -0.05) is 60.7 Å². The number of carbonyl (C=O) groups is 4. The molecular weight excluding hydrogens is 452 g/mol. The van der Waals surface area contributed by atoms with E-state index < -0.39 is 54.0 Å². The molecule has 0 aliphatic carbocycles. The SMILES string of the molecule is CC(N)C(=O)NC(Cc1ccccc1)C(=O)NC(C(=O)NC(Cc1ccccc1)C(=O)O)C(C)O. The summed E-state index contributed by atoms with van der Waals surface area (Å²) in [6.45, 7) is 2.77. The van der Waals surface area contributed by atoms with Crippen LogP contribution in [0, 0.1) is 0 Å². The molecule has 2 aromatic carbocycles. The Bertz CT molecular complexity index is 998. The molecular formula is C25H32N4O6. The summed E-state index contributed by atoms with van der Waals surface area (Å²) in [5, 5.41) is 27.1. The molecule has 2 aromatic rings. The first-order valence-electron chi connectivity index (χ1n) is 11.2. The van der Waals surface area contributed by atoms with Crippen LogP contribution in [0.15, 0.2) is 60.7 Å². The van der Waals surface area contributed by atoms with E-state index in [9.17, 15) is 29.4 Å². The van der Waals surface area contributed by atoms with Gasteiger partial charge in [0.25, 0.3) is 0 Å². The number of rotatable bonds is 12. The molecule has 5 atom stereocenters. The molecule has 5 unspecified atom stereocenters. The standard InChI is InChI=1S/C25H32N4O6/c1-15(26)22(31)27-19(13-17-9-5-3-6-10-17)23(32)29-21(16(2)30)24(33)28-20(25(34)35)14-18-11-7-4-8-12-18/h3-12,15-16,19-21,30H,13-14,26H2,1-2H3,(H,27,31)(H,28,33)(H,29,32)(H,34,35). The zero-order valence-electron chi connectivity index (χ0n) is 19.7. The number of carboxylic acid groups (broad SMARTS) is 1. The molecule has 0 heterocycles. The first-order chi connectivity index (χ1) is 16.6. The van der Waals surface area contributed by atoms with Crippen LogP contribution in [-0.4, -0.2) is 64.2 Å². The van der Waals surface area contributed by atoms with E-state index in [-0.39, 0.29) is 12.8 Å². The first-order valence-corrected chi connectivity index (χ1v) is 11.2. The Labute approximate surface area is 203 Å². The Morgan fingerprint density at radius 1 is 0.743 bits per heavy atom. The third-order valence-corrected chi connectivity index (χ3v) is 5.29. The lowest BCUT2D eigenvalue weighted by Gasteiger charge is -2.26. The average Bonchev–Trinajstić information content (AvgIpc) is 2.82. The largest absolute Gasteiger partial charge is 0.480 e. The Kier molecular flexibility index (Phi) is 10.4. The van der Waals surface area contributed by atoms with Crippen molar-refractivity contribution < 1.29 is 29.4 Å². The highest BCUT2D eigenvalue weighted by molar-refractivity contribution is 5.94. The van der Waals surface area contributed by atoms with Gasteiger partial charge in [-0.15, -0.1) is 0 Å². The Morgan fingerprint density at radius 3 is 1.63 bits per heavy atom.